The molecule has 2 amide bonds. The first kappa shape index (κ1) is 20.6. The van der Waals surface area contributed by atoms with Gasteiger partial charge in [0.25, 0.3) is 0 Å². The number of halogens is 1. The van der Waals surface area contributed by atoms with E-state index >= 15 is 0 Å². The molecule has 8 heteroatoms. The molecule has 2 aromatic rings. The molecule has 5 nitrogen and oxygen atoms in total. The molecule has 2 aromatic carbocycles. The van der Waals surface area contributed by atoms with Crippen LogP contribution in [0.3, 0.4) is 0 Å². The van der Waals surface area contributed by atoms with E-state index in [2.05, 4.69) is 10.6 Å². The molecule has 2 rings (SSSR count). The molecule has 0 aliphatic carbocycles. The third-order valence-electron chi connectivity index (χ3n) is 3.63. The second-order valence-electron chi connectivity index (χ2n) is 5.77. The van der Waals surface area contributed by atoms with Gasteiger partial charge in [-0.2, -0.15) is 0 Å². The Morgan fingerprint density at radius 1 is 1.12 bits per heavy atom. The number of carbonyl (C=O) groups is 1. The fourth-order valence-corrected chi connectivity index (χ4v) is 3.72. The molecule has 1 atom stereocenters. The van der Waals surface area contributed by atoms with Gasteiger partial charge in [-0.15, -0.1) is 11.8 Å². The summed E-state index contributed by atoms with van der Waals surface area (Å²) in [5, 5.41) is 6.34. The quantitative estimate of drug-likeness (QED) is 0.534. The van der Waals surface area contributed by atoms with E-state index in [4.69, 9.17) is 11.6 Å². The highest BCUT2D eigenvalue weighted by molar-refractivity contribution is 7.99. The second-order valence-corrected chi connectivity index (χ2v) is 9.39. The molecular weight excluding hydrogens is 392 g/mol. The standard InChI is InChI=1S/C18H21ClN2O3S2/c1-13(14-3-9-17(10-4-14)26(2,23)24)21-18(22)20-11-12-25-16-7-5-15(19)6-8-16/h3-10,13H,11-12H2,1-2H3,(H2,20,21,22)/t13-/m1/s1. The number of urea groups is 1. The summed E-state index contributed by atoms with van der Waals surface area (Å²) in [5.41, 5.74) is 0.836. The number of hydrogen-bond donors (Lipinski definition) is 2. The minimum Gasteiger partial charge on any atom is -0.337 e. The van der Waals surface area contributed by atoms with Crippen molar-refractivity contribution in [2.24, 2.45) is 0 Å². The van der Waals surface area contributed by atoms with Crippen LogP contribution in [0.1, 0.15) is 18.5 Å². The Kier molecular flexibility index (Phi) is 7.37. The van der Waals surface area contributed by atoms with Crippen LogP contribution in [0.4, 0.5) is 4.79 Å². The molecule has 0 radical (unpaired) electrons. The van der Waals surface area contributed by atoms with Gasteiger partial charge in [0, 0.05) is 28.5 Å². The molecule has 0 aliphatic rings. The zero-order chi connectivity index (χ0) is 19.2. The topological polar surface area (TPSA) is 75.3 Å². The average molecular weight is 413 g/mol. The van der Waals surface area contributed by atoms with Crippen LogP contribution in [0.2, 0.25) is 5.02 Å². The van der Waals surface area contributed by atoms with Gasteiger partial charge in [-0.05, 0) is 48.9 Å². The lowest BCUT2D eigenvalue weighted by atomic mass is 10.1. The zero-order valence-electron chi connectivity index (χ0n) is 14.5. The third-order valence-corrected chi connectivity index (χ3v) is 6.02. The second kappa shape index (κ2) is 9.30. The smallest absolute Gasteiger partial charge is 0.315 e. The summed E-state index contributed by atoms with van der Waals surface area (Å²) in [6, 6.07) is 13.6. The Balaban J connectivity index is 1.75. The predicted octanol–water partition coefficient (Wildman–Crippen LogP) is 3.90. The molecule has 2 N–H and O–H groups in total. The van der Waals surface area contributed by atoms with E-state index in [0.29, 0.717) is 11.6 Å². The van der Waals surface area contributed by atoms with Crippen LogP contribution in [0.25, 0.3) is 0 Å². The van der Waals surface area contributed by atoms with E-state index in [0.717, 1.165) is 16.2 Å². The fourth-order valence-electron chi connectivity index (χ4n) is 2.20. The Bertz CT molecular complexity index is 838. The van der Waals surface area contributed by atoms with Crippen LogP contribution in [0.5, 0.6) is 0 Å². The van der Waals surface area contributed by atoms with Crippen LogP contribution in [0, 0.1) is 0 Å². The molecule has 0 unspecified atom stereocenters. The molecule has 0 fully saturated rings. The molecular formula is C18H21ClN2O3S2. The summed E-state index contributed by atoms with van der Waals surface area (Å²) < 4.78 is 22.9. The van der Waals surface area contributed by atoms with Crippen molar-refractivity contribution in [2.45, 2.75) is 22.8 Å². The molecule has 26 heavy (non-hydrogen) atoms. The van der Waals surface area contributed by atoms with Gasteiger partial charge in [-0.1, -0.05) is 23.7 Å². The number of rotatable bonds is 7. The Labute approximate surface area is 163 Å². The monoisotopic (exact) mass is 412 g/mol. The van der Waals surface area contributed by atoms with Crippen LogP contribution >= 0.6 is 23.4 Å². The maximum absolute atomic E-state index is 12.0. The van der Waals surface area contributed by atoms with Crippen LogP contribution in [0.15, 0.2) is 58.3 Å². The lowest BCUT2D eigenvalue weighted by Crippen LogP contribution is -2.38. The number of sulfone groups is 1. The lowest BCUT2D eigenvalue weighted by molar-refractivity contribution is 0.238. The molecule has 0 saturated heterocycles. The van der Waals surface area contributed by atoms with E-state index in [1.807, 2.05) is 31.2 Å². The fraction of sp³-hybridized carbons (Fsp3) is 0.278. The van der Waals surface area contributed by atoms with Gasteiger partial charge in [0.05, 0.1) is 10.9 Å². The van der Waals surface area contributed by atoms with E-state index in [-0.39, 0.29) is 17.0 Å². The van der Waals surface area contributed by atoms with Crippen molar-refractivity contribution in [3.8, 4) is 0 Å². The zero-order valence-corrected chi connectivity index (χ0v) is 16.9. The van der Waals surface area contributed by atoms with Gasteiger partial charge in [-0.25, -0.2) is 13.2 Å². The average Bonchev–Trinajstić information content (AvgIpc) is 2.59. The molecule has 0 bridgehead atoms. The van der Waals surface area contributed by atoms with Gasteiger partial charge >= 0.3 is 6.03 Å². The molecule has 0 aromatic heterocycles. The number of nitrogens with one attached hydrogen (secondary N) is 2. The largest absolute Gasteiger partial charge is 0.337 e. The summed E-state index contributed by atoms with van der Waals surface area (Å²) >= 11 is 7.47. The summed E-state index contributed by atoms with van der Waals surface area (Å²) in [4.78, 5) is 13.3. The minimum absolute atomic E-state index is 0.229. The molecule has 0 spiro atoms. The lowest BCUT2D eigenvalue weighted by Gasteiger charge is -2.15. The summed E-state index contributed by atoms with van der Waals surface area (Å²) in [6.07, 6.45) is 1.17. The van der Waals surface area contributed by atoms with Gasteiger partial charge in [0.15, 0.2) is 9.84 Å². The maximum atomic E-state index is 12.0. The highest BCUT2D eigenvalue weighted by atomic mass is 35.5. The van der Waals surface area contributed by atoms with Crippen molar-refractivity contribution in [2.75, 3.05) is 18.6 Å². The van der Waals surface area contributed by atoms with E-state index < -0.39 is 9.84 Å². The highest BCUT2D eigenvalue weighted by Gasteiger charge is 2.11. The Morgan fingerprint density at radius 2 is 1.73 bits per heavy atom. The van der Waals surface area contributed by atoms with Crippen molar-refractivity contribution in [1.82, 2.24) is 10.6 Å². The number of carbonyl (C=O) groups excluding carboxylic acids is 1. The van der Waals surface area contributed by atoms with Gasteiger partial charge in [-0.3, -0.25) is 0 Å². The number of amides is 2. The van der Waals surface area contributed by atoms with Gasteiger partial charge in [0.1, 0.15) is 0 Å². The normalized spacial score (nSPS) is 12.4. The predicted molar refractivity (Wildman–Crippen MR) is 107 cm³/mol. The van der Waals surface area contributed by atoms with Crippen LogP contribution < -0.4 is 10.6 Å². The van der Waals surface area contributed by atoms with E-state index in [1.54, 1.807) is 36.0 Å². The minimum atomic E-state index is -3.22. The third kappa shape index (κ3) is 6.55. The maximum Gasteiger partial charge on any atom is 0.315 e. The number of hydrogen-bond acceptors (Lipinski definition) is 4. The van der Waals surface area contributed by atoms with Crippen molar-refractivity contribution in [3.63, 3.8) is 0 Å². The van der Waals surface area contributed by atoms with Gasteiger partial charge < -0.3 is 10.6 Å². The van der Waals surface area contributed by atoms with E-state index in [1.165, 1.54) is 6.26 Å². The van der Waals surface area contributed by atoms with Gasteiger partial charge in [0.2, 0.25) is 0 Å². The van der Waals surface area contributed by atoms with Crippen LogP contribution in [-0.4, -0.2) is 33.0 Å². The Hall–Kier alpha value is -1.70. The number of thioether (sulfide) groups is 1. The first-order chi connectivity index (χ1) is 12.3. The molecule has 140 valence electrons. The first-order valence-corrected chi connectivity index (χ1v) is 11.2. The van der Waals surface area contributed by atoms with Crippen molar-refractivity contribution in [1.29, 1.82) is 0 Å². The Morgan fingerprint density at radius 3 is 2.31 bits per heavy atom. The summed E-state index contributed by atoms with van der Waals surface area (Å²) in [6.45, 7) is 2.37. The summed E-state index contributed by atoms with van der Waals surface area (Å²) in [7, 11) is -3.22. The highest BCUT2D eigenvalue weighted by Crippen LogP contribution is 2.19. The number of benzene rings is 2. The van der Waals surface area contributed by atoms with E-state index in [9.17, 15) is 13.2 Å². The molecule has 0 heterocycles. The first-order valence-electron chi connectivity index (χ1n) is 7.98. The molecule has 0 saturated carbocycles. The molecule has 0 aliphatic heterocycles. The van der Waals surface area contributed by atoms with Crippen molar-refractivity contribution in [3.05, 3.63) is 59.1 Å². The summed E-state index contributed by atoms with van der Waals surface area (Å²) in [5.74, 6) is 0.743. The van der Waals surface area contributed by atoms with Crippen LogP contribution in [-0.2, 0) is 9.84 Å². The van der Waals surface area contributed by atoms with Crippen molar-refractivity contribution >= 4 is 39.2 Å². The van der Waals surface area contributed by atoms with Crippen molar-refractivity contribution < 1.29 is 13.2 Å². The SMILES string of the molecule is C[C@@H](NC(=O)NCCSc1ccc(Cl)cc1)c1ccc(S(C)(=O)=O)cc1.